The highest BCUT2D eigenvalue weighted by atomic mass is 16.7. The van der Waals surface area contributed by atoms with Crippen LogP contribution in [0.4, 0.5) is 5.82 Å². The van der Waals surface area contributed by atoms with Crippen molar-refractivity contribution in [1.82, 2.24) is 15.0 Å². The molecule has 0 spiro atoms. The fraction of sp³-hybridized carbons (Fsp3) is 0.350. The Balaban J connectivity index is 1.81. The van der Waals surface area contributed by atoms with Crippen LogP contribution in [0.25, 0.3) is 22.4 Å². The summed E-state index contributed by atoms with van der Waals surface area (Å²) in [6.45, 7) is 3.47. The van der Waals surface area contributed by atoms with Crippen molar-refractivity contribution in [2.24, 2.45) is 5.73 Å². The number of methoxy groups -OCH3 is 1. The van der Waals surface area contributed by atoms with Crippen molar-refractivity contribution in [3.8, 4) is 17.1 Å². The summed E-state index contributed by atoms with van der Waals surface area (Å²) in [6.07, 6.45) is 1.79. The van der Waals surface area contributed by atoms with Crippen LogP contribution in [0.3, 0.4) is 0 Å². The largest absolute Gasteiger partial charge is 0.468 e. The van der Waals surface area contributed by atoms with E-state index in [2.05, 4.69) is 9.88 Å². The van der Waals surface area contributed by atoms with Gasteiger partial charge >= 0.3 is 0 Å². The molecule has 0 radical (unpaired) electrons. The molecule has 2 N–H and O–H groups in total. The van der Waals surface area contributed by atoms with Gasteiger partial charge in [0, 0.05) is 38.5 Å². The Morgan fingerprint density at radius 2 is 2.04 bits per heavy atom. The minimum absolute atomic E-state index is 0.185. The quantitative estimate of drug-likeness (QED) is 0.648. The number of hydrogen-bond donors (Lipinski definition) is 1. The highest BCUT2D eigenvalue weighted by molar-refractivity contribution is 5.88. The SMILES string of the molecule is COCOc1cccc(-c2nc(N3CCOCC3)c3ncc(CN)cc3n2)c1. The van der Waals surface area contributed by atoms with E-state index < -0.39 is 0 Å². The smallest absolute Gasteiger partial charge is 0.188 e. The van der Waals surface area contributed by atoms with E-state index in [0.29, 0.717) is 31.3 Å². The zero-order chi connectivity index (χ0) is 19.3. The van der Waals surface area contributed by atoms with Gasteiger partial charge in [-0.25, -0.2) is 9.97 Å². The van der Waals surface area contributed by atoms with E-state index in [0.717, 1.165) is 41.1 Å². The lowest BCUT2D eigenvalue weighted by Crippen LogP contribution is -2.37. The Morgan fingerprint density at radius 1 is 1.18 bits per heavy atom. The molecule has 0 saturated carbocycles. The molecule has 28 heavy (non-hydrogen) atoms. The van der Waals surface area contributed by atoms with Crippen molar-refractivity contribution in [3.05, 3.63) is 42.1 Å². The van der Waals surface area contributed by atoms with Gasteiger partial charge in [0.05, 0.1) is 18.7 Å². The van der Waals surface area contributed by atoms with Crippen molar-refractivity contribution < 1.29 is 14.2 Å². The molecule has 0 aliphatic carbocycles. The maximum Gasteiger partial charge on any atom is 0.188 e. The molecular formula is C20H23N5O3. The molecule has 3 heterocycles. The van der Waals surface area contributed by atoms with Crippen LogP contribution in [0.15, 0.2) is 36.5 Å². The molecule has 8 nitrogen and oxygen atoms in total. The second kappa shape index (κ2) is 8.47. The number of morpholine rings is 1. The molecule has 1 saturated heterocycles. The average Bonchev–Trinajstić information content (AvgIpc) is 2.77. The number of ether oxygens (including phenoxy) is 3. The van der Waals surface area contributed by atoms with Crippen molar-refractivity contribution in [2.45, 2.75) is 6.54 Å². The van der Waals surface area contributed by atoms with E-state index in [9.17, 15) is 0 Å². The molecule has 1 aromatic carbocycles. The van der Waals surface area contributed by atoms with Crippen LogP contribution >= 0.6 is 0 Å². The summed E-state index contributed by atoms with van der Waals surface area (Å²) >= 11 is 0. The summed E-state index contributed by atoms with van der Waals surface area (Å²) < 4.78 is 16.0. The summed E-state index contributed by atoms with van der Waals surface area (Å²) in [5.74, 6) is 2.13. The Morgan fingerprint density at radius 3 is 2.82 bits per heavy atom. The standard InChI is InChI=1S/C20H23N5O3/c1-26-13-28-16-4-2-3-15(10-16)19-23-17-9-14(11-21)12-22-18(17)20(24-19)25-5-7-27-8-6-25/h2-4,9-10,12H,5-8,11,13,21H2,1H3. The summed E-state index contributed by atoms with van der Waals surface area (Å²) in [4.78, 5) is 16.4. The van der Waals surface area contributed by atoms with Crippen molar-refractivity contribution in [3.63, 3.8) is 0 Å². The van der Waals surface area contributed by atoms with Gasteiger partial charge in [-0.3, -0.25) is 4.98 Å². The van der Waals surface area contributed by atoms with E-state index in [1.165, 1.54) is 0 Å². The monoisotopic (exact) mass is 381 g/mol. The fourth-order valence-electron chi connectivity index (χ4n) is 3.13. The van der Waals surface area contributed by atoms with Crippen LogP contribution in [0, 0.1) is 0 Å². The first-order valence-corrected chi connectivity index (χ1v) is 9.20. The summed E-state index contributed by atoms with van der Waals surface area (Å²) in [6, 6.07) is 9.63. The predicted molar refractivity (Wildman–Crippen MR) is 106 cm³/mol. The Kier molecular flexibility index (Phi) is 5.61. The summed E-state index contributed by atoms with van der Waals surface area (Å²) in [7, 11) is 1.59. The molecule has 0 unspecified atom stereocenters. The highest BCUT2D eigenvalue weighted by Crippen LogP contribution is 2.28. The van der Waals surface area contributed by atoms with Crippen molar-refractivity contribution in [1.29, 1.82) is 0 Å². The Bertz CT molecular complexity index is 960. The molecule has 1 fully saturated rings. The lowest BCUT2D eigenvalue weighted by atomic mass is 10.2. The lowest BCUT2D eigenvalue weighted by Gasteiger charge is -2.28. The molecule has 8 heteroatoms. The number of rotatable bonds is 6. The van der Waals surface area contributed by atoms with Crippen LogP contribution in [-0.2, 0) is 16.0 Å². The molecule has 1 aliphatic rings. The average molecular weight is 381 g/mol. The Hall–Kier alpha value is -2.81. The van der Waals surface area contributed by atoms with E-state index >= 15 is 0 Å². The molecular weight excluding hydrogens is 358 g/mol. The van der Waals surface area contributed by atoms with Crippen LogP contribution in [0.5, 0.6) is 5.75 Å². The topological polar surface area (TPSA) is 95.6 Å². The van der Waals surface area contributed by atoms with E-state index in [-0.39, 0.29) is 6.79 Å². The lowest BCUT2D eigenvalue weighted by molar-refractivity contribution is 0.0511. The van der Waals surface area contributed by atoms with Crippen molar-refractivity contribution >= 4 is 16.9 Å². The number of nitrogens with two attached hydrogens (primary N) is 1. The molecule has 3 aromatic rings. The van der Waals surface area contributed by atoms with Gasteiger partial charge in [-0.15, -0.1) is 0 Å². The number of hydrogen-bond acceptors (Lipinski definition) is 8. The minimum atomic E-state index is 0.185. The number of anilines is 1. The third kappa shape index (κ3) is 3.89. The molecule has 1 aliphatic heterocycles. The van der Waals surface area contributed by atoms with Gasteiger partial charge < -0.3 is 24.8 Å². The van der Waals surface area contributed by atoms with Gasteiger partial charge in [-0.05, 0) is 23.8 Å². The van der Waals surface area contributed by atoms with Gasteiger partial charge in [-0.1, -0.05) is 12.1 Å². The van der Waals surface area contributed by atoms with Crippen molar-refractivity contribution in [2.75, 3.05) is 45.1 Å². The molecule has 0 amide bonds. The van der Waals surface area contributed by atoms with Crippen LogP contribution in [0.2, 0.25) is 0 Å². The van der Waals surface area contributed by atoms with E-state index in [1.54, 1.807) is 13.3 Å². The number of benzene rings is 1. The van der Waals surface area contributed by atoms with Gasteiger partial charge in [0.2, 0.25) is 0 Å². The molecule has 146 valence electrons. The fourth-order valence-corrected chi connectivity index (χ4v) is 3.13. The molecule has 4 rings (SSSR count). The highest BCUT2D eigenvalue weighted by Gasteiger charge is 2.19. The number of pyridine rings is 1. The molecule has 0 bridgehead atoms. The van der Waals surface area contributed by atoms with Gasteiger partial charge in [0.25, 0.3) is 0 Å². The maximum atomic E-state index is 5.80. The normalized spacial score (nSPS) is 14.4. The van der Waals surface area contributed by atoms with Crippen LogP contribution in [-0.4, -0.2) is 55.2 Å². The van der Waals surface area contributed by atoms with Gasteiger partial charge in [0.1, 0.15) is 11.3 Å². The van der Waals surface area contributed by atoms with Gasteiger partial charge in [-0.2, -0.15) is 0 Å². The number of fused-ring (bicyclic) bond motifs is 1. The number of nitrogens with zero attached hydrogens (tertiary/aromatic N) is 4. The predicted octanol–water partition coefficient (Wildman–Crippen LogP) is 1.97. The van der Waals surface area contributed by atoms with E-state index in [1.807, 2.05) is 30.3 Å². The van der Waals surface area contributed by atoms with Crippen LogP contribution in [0.1, 0.15) is 5.56 Å². The van der Waals surface area contributed by atoms with E-state index in [4.69, 9.17) is 29.9 Å². The third-order valence-corrected chi connectivity index (χ3v) is 4.56. The maximum absolute atomic E-state index is 5.80. The molecule has 2 aromatic heterocycles. The second-order valence-corrected chi connectivity index (χ2v) is 6.46. The molecule has 0 atom stereocenters. The minimum Gasteiger partial charge on any atom is -0.468 e. The third-order valence-electron chi connectivity index (χ3n) is 4.56. The second-order valence-electron chi connectivity index (χ2n) is 6.46. The first-order valence-electron chi connectivity index (χ1n) is 9.20. The Labute approximate surface area is 163 Å². The zero-order valence-corrected chi connectivity index (χ0v) is 15.8. The zero-order valence-electron chi connectivity index (χ0n) is 15.8. The summed E-state index contributed by atoms with van der Waals surface area (Å²) in [5.41, 5.74) is 9.14. The van der Waals surface area contributed by atoms with Crippen LogP contribution < -0.4 is 15.4 Å². The first-order chi connectivity index (χ1) is 13.8. The first kappa shape index (κ1) is 18.5. The van der Waals surface area contributed by atoms with Gasteiger partial charge in [0.15, 0.2) is 18.4 Å². The summed E-state index contributed by atoms with van der Waals surface area (Å²) in [5, 5.41) is 0. The number of aromatic nitrogens is 3.